The number of benzene rings is 1. The third-order valence-electron chi connectivity index (χ3n) is 2.22. The Morgan fingerprint density at radius 2 is 1.94 bits per heavy atom. The van der Waals surface area contributed by atoms with Crippen molar-refractivity contribution in [2.24, 2.45) is 0 Å². The van der Waals surface area contributed by atoms with E-state index in [1.54, 1.807) is 0 Å². The number of carbonyl (C=O) groups excluding carboxylic acids is 1. The van der Waals surface area contributed by atoms with E-state index in [4.69, 9.17) is 0 Å². The molecule has 16 heavy (non-hydrogen) atoms. The second kappa shape index (κ2) is 5.54. The number of ketones is 1. The highest BCUT2D eigenvalue weighted by Crippen LogP contribution is 2.11. The van der Waals surface area contributed by atoms with Crippen LogP contribution < -0.4 is 0 Å². The van der Waals surface area contributed by atoms with Crippen LogP contribution in [0.1, 0.15) is 25.3 Å². The molecule has 0 unspecified atom stereocenters. The molecule has 0 aliphatic carbocycles. The molecule has 1 aromatic carbocycles. The van der Waals surface area contributed by atoms with Gasteiger partial charge in [-0.1, -0.05) is 11.6 Å². The van der Waals surface area contributed by atoms with Gasteiger partial charge in [0.25, 0.3) is 0 Å². The second-order valence-electron chi connectivity index (χ2n) is 3.92. The van der Waals surface area contributed by atoms with Crippen molar-refractivity contribution in [2.75, 3.05) is 0 Å². The van der Waals surface area contributed by atoms with Crippen LogP contribution in [0.2, 0.25) is 0 Å². The fourth-order valence-electron chi connectivity index (χ4n) is 1.32. The van der Waals surface area contributed by atoms with Crippen LogP contribution in [0.15, 0.2) is 30.4 Å². The Balaban J connectivity index is 2.56. The Labute approximate surface area is 93.8 Å². The van der Waals surface area contributed by atoms with Crippen molar-refractivity contribution >= 4 is 5.78 Å². The van der Waals surface area contributed by atoms with Gasteiger partial charge in [-0.15, -0.1) is 6.58 Å². The molecule has 0 radical (unpaired) electrons. The van der Waals surface area contributed by atoms with Crippen molar-refractivity contribution in [3.8, 4) is 0 Å². The standard InChI is InChI=1S/C13H14F2O/c1-9(2)3-5-11(16)7-10-4-6-12(14)13(15)8-10/h4,6,8H,1,3,5,7H2,2H3. The molecule has 0 amide bonds. The molecule has 0 spiro atoms. The van der Waals surface area contributed by atoms with E-state index in [2.05, 4.69) is 6.58 Å². The molecule has 1 rings (SSSR count). The number of hydrogen-bond donors (Lipinski definition) is 0. The molecule has 0 saturated carbocycles. The molecule has 0 aliphatic heterocycles. The van der Waals surface area contributed by atoms with Gasteiger partial charge in [0.15, 0.2) is 11.6 Å². The summed E-state index contributed by atoms with van der Waals surface area (Å²) in [7, 11) is 0. The van der Waals surface area contributed by atoms with Crippen molar-refractivity contribution in [1.82, 2.24) is 0 Å². The molecule has 0 heterocycles. The minimum absolute atomic E-state index is 0.00834. The van der Waals surface area contributed by atoms with Gasteiger partial charge in [0.05, 0.1) is 0 Å². The Kier molecular flexibility index (Phi) is 4.35. The van der Waals surface area contributed by atoms with Crippen LogP contribution in [0.5, 0.6) is 0 Å². The molecule has 0 N–H and O–H groups in total. The monoisotopic (exact) mass is 224 g/mol. The summed E-state index contributed by atoms with van der Waals surface area (Å²) >= 11 is 0. The molecule has 0 aliphatic rings. The lowest BCUT2D eigenvalue weighted by Crippen LogP contribution is -2.03. The lowest BCUT2D eigenvalue weighted by molar-refractivity contribution is -0.118. The Hall–Kier alpha value is -1.51. The molecule has 0 fully saturated rings. The van der Waals surface area contributed by atoms with E-state index < -0.39 is 11.6 Å². The smallest absolute Gasteiger partial charge is 0.159 e. The van der Waals surface area contributed by atoms with Crippen LogP contribution in [0.25, 0.3) is 0 Å². The highest BCUT2D eigenvalue weighted by atomic mass is 19.2. The van der Waals surface area contributed by atoms with Gasteiger partial charge in [0.1, 0.15) is 5.78 Å². The summed E-state index contributed by atoms with van der Waals surface area (Å²) in [6, 6.07) is 3.53. The summed E-state index contributed by atoms with van der Waals surface area (Å²) in [6.45, 7) is 5.55. The largest absolute Gasteiger partial charge is 0.299 e. The number of halogens is 2. The van der Waals surface area contributed by atoms with Gasteiger partial charge in [-0.25, -0.2) is 8.78 Å². The van der Waals surface area contributed by atoms with Gasteiger partial charge in [-0.2, -0.15) is 0 Å². The maximum atomic E-state index is 12.8. The van der Waals surface area contributed by atoms with Gasteiger partial charge in [-0.05, 0) is 31.0 Å². The number of carbonyl (C=O) groups is 1. The molecule has 0 atom stereocenters. The van der Waals surface area contributed by atoms with Gasteiger partial charge in [-0.3, -0.25) is 4.79 Å². The molecule has 0 saturated heterocycles. The number of rotatable bonds is 5. The fraction of sp³-hybridized carbons (Fsp3) is 0.308. The van der Waals surface area contributed by atoms with Crippen LogP contribution in [0, 0.1) is 11.6 Å². The fourth-order valence-corrected chi connectivity index (χ4v) is 1.32. The number of Topliss-reactive ketones (excluding diaryl/α,β-unsaturated/α-hetero) is 1. The number of hydrogen-bond acceptors (Lipinski definition) is 1. The molecule has 1 aromatic rings. The lowest BCUT2D eigenvalue weighted by Gasteiger charge is -2.02. The molecule has 1 nitrogen and oxygen atoms in total. The first-order chi connectivity index (χ1) is 7.49. The van der Waals surface area contributed by atoms with Crippen LogP contribution >= 0.6 is 0 Å². The first kappa shape index (κ1) is 12.6. The van der Waals surface area contributed by atoms with Gasteiger partial charge < -0.3 is 0 Å². The first-order valence-electron chi connectivity index (χ1n) is 5.09. The Morgan fingerprint density at radius 1 is 1.25 bits per heavy atom. The molecule has 0 bridgehead atoms. The number of allylic oxidation sites excluding steroid dienone is 1. The zero-order chi connectivity index (χ0) is 12.1. The SMILES string of the molecule is C=C(C)CCC(=O)Cc1ccc(F)c(F)c1. The molecular formula is C13H14F2O. The average molecular weight is 224 g/mol. The van der Waals surface area contributed by atoms with E-state index in [1.165, 1.54) is 6.07 Å². The molecule has 0 aromatic heterocycles. The van der Waals surface area contributed by atoms with Crippen LogP contribution in [-0.4, -0.2) is 5.78 Å². The quantitative estimate of drug-likeness (QED) is 0.700. The average Bonchev–Trinajstić information content (AvgIpc) is 2.21. The van der Waals surface area contributed by atoms with E-state index in [1.807, 2.05) is 6.92 Å². The van der Waals surface area contributed by atoms with E-state index in [0.717, 1.165) is 17.7 Å². The van der Waals surface area contributed by atoms with Crippen LogP contribution in [0.4, 0.5) is 8.78 Å². The van der Waals surface area contributed by atoms with Gasteiger partial charge in [0.2, 0.25) is 0 Å². The van der Waals surface area contributed by atoms with Gasteiger partial charge in [0, 0.05) is 12.8 Å². The van der Waals surface area contributed by atoms with E-state index in [0.29, 0.717) is 18.4 Å². The Bertz CT molecular complexity index is 410. The summed E-state index contributed by atoms with van der Waals surface area (Å²) in [4.78, 5) is 11.5. The maximum absolute atomic E-state index is 12.8. The predicted octanol–water partition coefficient (Wildman–Crippen LogP) is 3.43. The summed E-state index contributed by atoms with van der Waals surface area (Å²) < 4.78 is 25.5. The molecular weight excluding hydrogens is 210 g/mol. The van der Waals surface area contributed by atoms with Crippen LogP contribution in [-0.2, 0) is 11.2 Å². The highest BCUT2D eigenvalue weighted by molar-refractivity contribution is 5.81. The van der Waals surface area contributed by atoms with E-state index in [9.17, 15) is 13.6 Å². The minimum Gasteiger partial charge on any atom is -0.299 e. The van der Waals surface area contributed by atoms with Crippen LogP contribution in [0.3, 0.4) is 0 Å². The maximum Gasteiger partial charge on any atom is 0.159 e. The van der Waals surface area contributed by atoms with Crippen molar-refractivity contribution in [3.63, 3.8) is 0 Å². The van der Waals surface area contributed by atoms with Gasteiger partial charge >= 0.3 is 0 Å². The predicted molar refractivity (Wildman–Crippen MR) is 59.1 cm³/mol. The Morgan fingerprint density at radius 3 is 2.50 bits per heavy atom. The van der Waals surface area contributed by atoms with E-state index >= 15 is 0 Å². The first-order valence-corrected chi connectivity index (χ1v) is 5.09. The summed E-state index contributed by atoms with van der Waals surface area (Å²) in [5.41, 5.74) is 1.45. The third-order valence-corrected chi connectivity index (χ3v) is 2.22. The minimum atomic E-state index is -0.912. The summed E-state index contributed by atoms with van der Waals surface area (Å²) in [6.07, 6.45) is 1.18. The zero-order valence-corrected chi connectivity index (χ0v) is 9.22. The van der Waals surface area contributed by atoms with Crippen molar-refractivity contribution in [2.45, 2.75) is 26.2 Å². The summed E-state index contributed by atoms with van der Waals surface area (Å²) in [5, 5.41) is 0. The second-order valence-corrected chi connectivity index (χ2v) is 3.92. The van der Waals surface area contributed by atoms with Crippen molar-refractivity contribution in [1.29, 1.82) is 0 Å². The molecule has 86 valence electrons. The lowest BCUT2D eigenvalue weighted by atomic mass is 10.0. The summed E-state index contributed by atoms with van der Waals surface area (Å²) in [5.74, 6) is -1.79. The van der Waals surface area contributed by atoms with Crippen molar-refractivity contribution in [3.05, 3.63) is 47.5 Å². The van der Waals surface area contributed by atoms with E-state index in [-0.39, 0.29) is 12.2 Å². The normalized spacial score (nSPS) is 10.2. The zero-order valence-electron chi connectivity index (χ0n) is 9.22. The highest BCUT2D eigenvalue weighted by Gasteiger charge is 2.07. The van der Waals surface area contributed by atoms with Crippen molar-refractivity contribution < 1.29 is 13.6 Å². The molecule has 3 heteroatoms. The third kappa shape index (κ3) is 3.93. The topological polar surface area (TPSA) is 17.1 Å².